The predicted molar refractivity (Wildman–Crippen MR) is 128 cm³/mol. The van der Waals surface area contributed by atoms with Crippen molar-refractivity contribution >= 4 is 5.97 Å². The SMILES string of the molecule is COc1ccc(C23CC=C(OC(=O)c4ccc(C(C)(C)C)cc4)CC2N(C)CC3)cc1C. The van der Waals surface area contributed by atoms with Gasteiger partial charge in [-0.1, -0.05) is 45.0 Å². The molecule has 32 heavy (non-hydrogen) atoms. The summed E-state index contributed by atoms with van der Waals surface area (Å²) in [7, 11) is 3.89. The molecule has 1 aliphatic heterocycles. The smallest absolute Gasteiger partial charge is 0.343 e. The van der Waals surface area contributed by atoms with Gasteiger partial charge in [-0.25, -0.2) is 4.79 Å². The molecule has 2 aliphatic rings. The number of fused-ring (bicyclic) bond motifs is 1. The molecule has 2 atom stereocenters. The van der Waals surface area contributed by atoms with Crippen molar-refractivity contribution in [3.05, 3.63) is 76.6 Å². The number of benzene rings is 2. The molecule has 4 nitrogen and oxygen atoms in total. The van der Waals surface area contributed by atoms with Gasteiger partial charge in [-0.05, 0) is 79.7 Å². The highest BCUT2D eigenvalue weighted by Gasteiger charge is 2.49. The molecule has 1 aliphatic carbocycles. The highest BCUT2D eigenvalue weighted by Crippen LogP contribution is 2.48. The quantitative estimate of drug-likeness (QED) is 0.573. The summed E-state index contributed by atoms with van der Waals surface area (Å²) in [5, 5.41) is 0. The molecule has 0 radical (unpaired) electrons. The van der Waals surface area contributed by atoms with Crippen LogP contribution in [0.3, 0.4) is 0 Å². The van der Waals surface area contributed by atoms with Gasteiger partial charge in [-0.15, -0.1) is 0 Å². The molecule has 1 heterocycles. The molecule has 0 aromatic heterocycles. The van der Waals surface area contributed by atoms with Crippen molar-refractivity contribution in [2.24, 2.45) is 0 Å². The summed E-state index contributed by atoms with van der Waals surface area (Å²) in [6.45, 7) is 9.65. The Morgan fingerprint density at radius 2 is 1.84 bits per heavy atom. The molecule has 0 amide bonds. The van der Waals surface area contributed by atoms with Crippen LogP contribution in [-0.2, 0) is 15.6 Å². The first-order valence-electron chi connectivity index (χ1n) is 11.5. The Kier molecular flexibility index (Phi) is 5.93. The Balaban J connectivity index is 1.54. The van der Waals surface area contributed by atoms with E-state index < -0.39 is 0 Å². The number of methoxy groups -OCH3 is 1. The number of likely N-dealkylation sites (N-methyl/N-ethyl adjacent to an activating group) is 1. The van der Waals surface area contributed by atoms with Crippen molar-refractivity contribution in [1.82, 2.24) is 4.90 Å². The van der Waals surface area contributed by atoms with Crippen molar-refractivity contribution in [2.45, 2.75) is 63.8 Å². The van der Waals surface area contributed by atoms with Crippen LogP contribution in [0.15, 0.2) is 54.3 Å². The van der Waals surface area contributed by atoms with E-state index in [2.05, 4.69) is 63.9 Å². The maximum absolute atomic E-state index is 12.8. The van der Waals surface area contributed by atoms with Gasteiger partial charge in [0.15, 0.2) is 0 Å². The zero-order valence-corrected chi connectivity index (χ0v) is 20.2. The van der Waals surface area contributed by atoms with Crippen LogP contribution < -0.4 is 4.74 Å². The molecular formula is C28H35NO3. The summed E-state index contributed by atoms with van der Waals surface area (Å²) in [6.07, 6.45) is 4.86. The Labute approximate surface area is 192 Å². The van der Waals surface area contributed by atoms with Gasteiger partial charge in [0.2, 0.25) is 0 Å². The minimum atomic E-state index is -0.273. The molecule has 4 rings (SSSR count). The number of allylic oxidation sites excluding steroid dienone is 1. The summed E-state index contributed by atoms with van der Waals surface area (Å²) in [4.78, 5) is 15.2. The molecule has 0 bridgehead atoms. The Morgan fingerprint density at radius 3 is 2.47 bits per heavy atom. The maximum Gasteiger partial charge on any atom is 0.343 e. The van der Waals surface area contributed by atoms with E-state index in [-0.39, 0.29) is 16.8 Å². The van der Waals surface area contributed by atoms with Crippen molar-refractivity contribution < 1.29 is 14.3 Å². The van der Waals surface area contributed by atoms with Gasteiger partial charge in [0.25, 0.3) is 0 Å². The number of rotatable bonds is 4. The molecule has 0 N–H and O–H groups in total. The van der Waals surface area contributed by atoms with E-state index in [1.165, 1.54) is 11.1 Å². The third kappa shape index (κ3) is 4.09. The van der Waals surface area contributed by atoms with E-state index in [4.69, 9.17) is 9.47 Å². The molecule has 170 valence electrons. The largest absolute Gasteiger partial charge is 0.496 e. The number of hydrogen-bond acceptors (Lipinski definition) is 4. The lowest BCUT2D eigenvalue weighted by atomic mass is 9.68. The first kappa shape index (κ1) is 22.6. The normalized spacial score (nSPS) is 23.4. The molecule has 2 aromatic carbocycles. The fourth-order valence-electron chi connectivity index (χ4n) is 5.29. The second kappa shape index (κ2) is 8.40. The Morgan fingerprint density at radius 1 is 1.12 bits per heavy atom. The Hall–Kier alpha value is -2.59. The second-order valence-electron chi connectivity index (χ2n) is 10.4. The van der Waals surface area contributed by atoms with Crippen LogP contribution in [0, 0.1) is 6.92 Å². The van der Waals surface area contributed by atoms with E-state index in [0.717, 1.165) is 42.9 Å². The van der Waals surface area contributed by atoms with Crippen LogP contribution in [0.1, 0.15) is 67.1 Å². The average molecular weight is 434 g/mol. The first-order chi connectivity index (χ1) is 15.1. The molecule has 0 saturated carbocycles. The van der Waals surface area contributed by atoms with Crippen LogP contribution in [0.5, 0.6) is 5.75 Å². The molecule has 1 saturated heterocycles. The number of ether oxygens (including phenoxy) is 2. The summed E-state index contributed by atoms with van der Waals surface area (Å²) in [5.74, 6) is 1.44. The van der Waals surface area contributed by atoms with Crippen LogP contribution in [-0.4, -0.2) is 37.6 Å². The topological polar surface area (TPSA) is 38.8 Å². The molecule has 4 heteroatoms. The summed E-state index contributed by atoms with van der Waals surface area (Å²) < 4.78 is 11.3. The number of esters is 1. The van der Waals surface area contributed by atoms with Gasteiger partial charge in [-0.3, -0.25) is 0 Å². The third-order valence-corrected chi connectivity index (χ3v) is 7.35. The number of carbonyl (C=O) groups excluding carboxylic acids is 1. The lowest BCUT2D eigenvalue weighted by Crippen LogP contribution is -2.43. The number of carbonyl (C=O) groups is 1. The van der Waals surface area contributed by atoms with Crippen molar-refractivity contribution in [2.75, 3.05) is 20.7 Å². The van der Waals surface area contributed by atoms with Crippen molar-refractivity contribution in [3.8, 4) is 5.75 Å². The average Bonchev–Trinajstić information content (AvgIpc) is 3.10. The fourth-order valence-corrected chi connectivity index (χ4v) is 5.29. The molecule has 1 fully saturated rings. The number of aryl methyl sites for hydroxylation is 1. The third-order valence-electron chi connectivity index (χ3n) is 7.35. The minimum Gasteiger partial charge on any atom is -0.496 e. The number of nitrogens with zero attached hydrogens (tertiary/aromatic N) is 1. The van der Waals surface area contributed by atoms with E-state index in [1.54, 1.807) is 7.11 Å². The molecule has 2 aromatic rings. The van der Waals surface area contributed by atoms with Gasteiger partial charge in [0.1, 0.15) is 11.5 Å². The van der Waals surface area contributed by atoms with E-state index >= 15 is 0 Å². The second-order valence-corrected chi connectivity index (χ2v) is 10.4. The summed E-state index contributed by atoms with van der Waals surface area (Å²) in [5.41, 5.74) is 4.43. The van der Waals surface area contributed by atoms with Gasteiger partial charge in [0.05, 0.1) is 12.7 Å². The molecule has 2 unspecified atom stereocenters. The highest BCUT2D eigenvalue weighted by atomic mass is 16.5. The monoisotopic (exact) mass is 433 g/mol. The van der Waals surface area contributed by atoms with Crippen LogP contribution in [0.4, 0.5) is 0 Å². The summed E-state index contributed by atoms with van der Waals surface area (Å²) in [6, 6.07) is 14.7. The molecule has 0 spiro atoms. The zero-order chi connectivity index (χ0) is 23.1. The van der Waals surface area contributed by atoms with E-state index in [9.17, 15) is 4.79 Å². The number of hydrogen-bond donors (Lipinski definition) is 0. The van der Waals surface area contributed by atoms with Crippen LogP contribution >= 0.6 is 0 Å². The lowest BCUT2D eigenvalue weighted by molar-refractivity contribution is 0.0579. The predicted octanol–water partition coefficient (Wildman–Crippen LogP) is 5.78. The minimum absolute atomic E-state index is 0.0516. The first-order valence-corrected chi connectivity index (χ1v) is 11.5. The van der Waals surface area contributed by atoms with Crippen molar-refractivity contribution in [3.63, 3.8) is 0 Å². The standard InChI is InChI=1S/C28H35NO3/c1-19-17-22(11-12-24(19)31-6)28-14-13-23(18-25(28)29(5)16-15-28)32-26(30)20-7-9-21(10-8-20)27(2,3)4/h7-13,17,25H,14-16,18H2,1-6H3. The molecular weight excluding hydrogens is 398 g/mol. The van der Waals surface area contributed by atoms with Gasteiger partial charge < -0.3 is 14.4 Å². The van der Waals surface area contributed by atoms with Gasteiger partial charge in [-0.2, -0.15) is 0 Å². The van der Waals surface area contributed by atoms with Crippen LogP contribution in [0.2, 0.25) is 0 Å². The highest BCUT2D eigenvalue weighted by molar-refractivity contribution is 5.90. The zero-order valence-electron chi connectivity index (χ0n) is 20.2. The van der Waals surface area contributed by atoms with Gasteiger partial charge >= 0.3 is 5.97 Å². The Bertz CT molecular complexity index is 1030. The van der Waals surface area contributed by atoms with E-state index in [1.807, 2.05) is 24.3 Å². The fraction of sp³-hybridized carbons (Fsp3) is 0.464. The van der Waals surface area contributed by atoms with Gasteiger partial charge in [0, 0.05) is 17.9 Å². The van der Waals surface area contributed by atoms with Crippen molar-refractivity contribution in [1.29, 1.82) is 0 Å². The van der Waals surface area contributed by atoms with Crippen LogP contribution in [0.25, 0.3) is 0 Å². The number of likely N-dealkylation sites (tertiary alicyclic amines) is 1. The van der Waals surface area contributed by atoms with E-state index in [0.29, 0.717) is 11.6 Å². The summed E-state index contributed by atoms with van der Waals surface area (Å²) >= 11 is 0. The lowest BCUT2D eigenvalue weighted by Gasteiger charge is -2.40. The maximum atomic E-state index is 12.8.